The van der Waals surface area contributed by atoms with Gasteiger partial charge in [0.1, 0.15) is 5.82 Å². The van der Waals surface area contributed by atoms with E-state index in [0.717, 1.165) is 4.31 Å². The maximum absolute atomic E-state index is 14.2. The number of carbonyl (C=O) groups excluding carboxylic acids is 1. The van der Waals surface area contributed by atoms with Crippen molar-refractivity contribution in [1.29, 1.82) is 0 Å². The van der Waals surface area contributed by atoms with Crippen LogP contribution in [0.25, 0.3) is 0 Å². The van der Waals surface area contributed by atoms with Gasteiger partial charge >= 0.3 is 0 Å². The first kappa shape index (κ1) is 22.6. The molecule has 2 aromatic rings. The monoisotopic (exact) mass is 446 g/mol. The van der Waals surface area contributed by atoms with E-state index in [4.69, 9.17) is 23.2 Å². The quantitative estimate of drug-likeness (QED) is 0.659. The molecular formula is C19H21Cl2FN2O3S. The molecule has 0 aliphatic rings. The Morgan fingerprint density at radius 2 is 1.82 bits per heavy atom. The highest BCUT2D eigenvalue weighted by atomic mass is 35.5. The molecule has 1 amide bonds. The summed E-state index contributed by atoms with van der Waals surface area (Å²) in [7, 11) is -4.10. The predicted molar refractivity (Wildman–Crippen MR) is 108 cm³/mol. The molecule has 1 N–H and O–H groups in total. The minimum absolute atomic E-state index is 0.00181. The second kappa shape index (κ2) is 9.69. The zero-order valence-electron chi connectivity index (χ0n) is 15.5. The van der Waals surface area contributed by atoms with E-state index in [0.29, 0.717) is 11.4 Å². The lowest BCUT2D eigenvalue weighted by Gasteiger charge is -2.23. The maximum Gasteiger partial charge on any atom is 0.243 e. The van der Waals surface area contributed by atoms with Gasteiger partial charge in [-0.2, -0.15) is 4.31 Å². The Morgan fingerprint density at radius 3 is 2.39 bits per heavy atom. The summed E-state index contributed by atoms with van der Waals surface area (Å²) in [5, 5.41) is 3.17. The Morgan fingerprint density at radius 1 is 1.18 bits per heavy atom. The molecule has 5 nitrogen and oxygen atoms in total. The molecule has 0 heterocycles. The van der Waals surface area contributed by atoms with E-state index in [1.807, 2.05) is 13.8 Å². The van der Waals surface area contributed by atoms with Gasteiger partial charge in [-0.1, -0.05) is 36.2 Å². The number of nitrogens with one attached hydrogen (secondary N) is 1. The number of halogens is 3. The average Bonchev–Trinajstić information content (AvgIpc) is 2.64. The summed E-state index contributed by atoms with van der Waals surface area (Å²) in [6.45, 7) is 2.85. The Hall–Kier alpha value is -1.67. The fourth-order valence-corrected chi connectivity index (χ4v) is 4.14. The van der Waals surface area contributed by atoms with Crippen molar-refractivity contribution in [3.05, 3.63) is 63.9 Å². The highest BCUT2D eigenvalue weighted by Gasteiger charge is 2.28. The molecule has 0 saturated carbocycles. The number of hydrogen-bond acceptors (Lipinski definition) is 3. The van der Waals surface area contributed by atoms with Crippen LogP contribution < -0.4 is 5.32 Å². The van der Waals surface area contributed by atoms with Gasteiger partial charge in [0.05, 0.1) is 11.4 Å². The average molecular weight is 447 g/mol. The summed E-state index contributed by atoms with van der Waals surface area (Å²) in [5.41, 5.74) is -0.00181. The summed E-state index contributed by atoms with van der Waals surface area (Å²) >= 11 is 11.9. The van der Waals surface area contributed by atoms with Crippen LogP contribution in [-0.4, -0.2) is 31.2 Å². The van der Waals surface area contributed by atoms with Gasteiger partial charge in [0.25, 0.3) is 0 Å². The van der Waals surface area contributed by atoms with Crippen LogP contribution in [0.2, 0.25) is 10.0 Å². The van der Waals surface area contributed by atoms with Gasteiger partial charge in [-0.05, 0) is 49.7 Å². The van der Waals surface area contributed by atoms with Gasteiger partial charge in [-0.3, -0.25) is 4.79 Å². The first-order chi connectivity index (χ1) is 13.1. The lowest BCUT2D eigenvalue weighted by atomic mass is 10.2. The number of nitrogens with zero attached hydrogens (tertiary/aromatic N) is 1. The minimum Gasteiger partial charge on any atom is -0.353 e. The zero-order chi connectivity index (χ0) is 20.9. The molecule has 0 aliphatic heterocycles. The van der Waals surface area contributed by atoms with Crippen LogP contribution >= 0.6 is 23.2 Å². The molecule has 2 rings (SSSR count). The third-order valence-corrected chi connectivity index (χ3v) is 6.60. The lowest BCUT2D eigenvalue weighted by molar-refractivity contribution is -0.122. The zero-order valence-corrected chi connectivity index (χ0v) is 17.8. The molecule has 0 aromatic heterocycles. The second-order valence-corrected chi connectivity index (χ2v) is 9.09. The Balaban J connectivity index is 2.40. The highest BCUT2D eigenvalue weighted by Crippen LogP contribution is 2.25. The number of benzene rings is 2. The molecular weight excluding hydrogens is 426 g/mol. The van der Waals surface area contributed by atoms with Crippen molar-refractivity contribution in [3.63, 3.8) is 0 Å². The van der Waals surface area contributed by atoms with E-state index in [1.54, 1.807) is 0 Å². The molecule has 2 aromatic carbocycles. The molecule has 0 saturated heterocycles. The Labute approximate surface area is 174 Å². The summed E-state index contributed by atoms with van der Waals surface area (Å²) in [6, 6.07) is 9.49. The third kappa shape index (κ3) is 5.67. The number of carbonyl (C=O) groups is 1. The van der Waals surface area contributed by atoms with Crippen LogP contribution in [0.3, 0.4) is 0 Å². The van der Waals surface area contributed by atoms with Gasteiger partial charge in [0.15, 0.2) is 0 Å². The van der Waals surface area contributed by atoms with Crippen molar-refractivity contribution in [2.75, 3.05) is 6.54 Å². The summed E-state index contributed by atoms with van der Waals surface area (Å²) < 4.78 is 41.3. The van der Waals surface area contributed by atoms with Crippen LogP contribution in [0.4, 0.5) is 4.39 Å². The van der Waals surface area contributed by atoms with E-state index in [-0.39, 0.29) is 28.1 Å². The van der Waals surface area contributed by atoms with Crippen LogP contribution in [0.5, 0.6) is 0 Å². The van der Waals surface area contributed by atoms with Crippen molar-refractivity contribution in [1.82, 2.24) is 9.62 Å². The van der Waals surface area contributed by atoms with Crippen LogP contribution in [0, 0.1) is 5.82 Å². The standard InChI is InChI=1S/C19H21Cl2FN2O3S/c1-3-13(2)23-19(25)12-24(11-16-17(21)5-4-6-18(16)22)28(26,27)15-9-7-14(20)8-10-15/h4-10,13H,3,11-12H2,1-2H3,(H,23,25)/t13-/m1/s1. The Kier molecular flexibility index (Phi) is 7.83. The molecule has 9 heteroatoms. The lowest BCUT2D eigenvalue weighted by Crippen LogP contribution is -2.43. The number of hydrogen-bond donors (Lipinski definition) is 1. The fourth-order valence-electron chi connectivity index (χ4n) is 2.42. The summed E-state index contributed by atoms with van der Waals surface area (Å²) in [4.78, 5) is 12.3. The van der Waals surface area contributed by atoms with Crippen molar-refractivity contribution >= 4 is 39.1 Å². The Bertz CT molecular complexity index is 916. The maximum atomic E-state index is 14.2. The fraction of sp³-hybridized carbons (Fsp3) is 0.316. The molecule has 0 unspecified atom stereocenters. The van der Waals surface area contributed by atoms with E-state index < -0.39 is 28.3 Å². The van der Waals surface area contributed by atoms with E-state index in [2.05, 4.69) is 5.32 Å². The van der Waals surface area contributed by atoms with E-state index >= 15 is 0 Å². The number of sulfonamides is 1. The van der Waals surface area contributed by atoms with Crippen molar-refractivity contribution < 1.29 is 17.6 Å². The van der Waals surface area contributed by atoms with Gasteiger partial charge < -0.3 is 5.32 Å². The molecule has 0 aliphatic carbocycles. The van der Waals surface area contributed by atoms with Gasteiger partial charge in [0.2, 0.25) is 15.9 Å². The van der Waals surface area contributed by atoms with E-state index in [1.165, 1.54) is 42.5 Å². The summed E-state index contributed by atoms with van der Waals surface area (Å²) in [6.07, 6.45) is 0.689. The van der Waals surface area contributed by atoms with Gasteiger partial charge in [0, 0.05) is 28.2 Å². The van der Waals surface area contributed by atoms with Crippen LogP contribution in [0.15, 0.2) is 47.4 Å². The highest BCUT2D eigenvalue weighted by molar-refractivity contribution is 7.89. The molecule has 1 atom stereocenters. The molecule has 0 spiro atoms. The van der Waals surface area contributed by atoms with Crippen molar-refractivity contribution in [3.8, 4) is 0 Å². The topological polar surface area (TPSA) is 66.5 Å². The second-order valence-electron chi connectivity index (χ2n) is 6.30. The molecule has 28 heavy (non-hydrogen) atoms. The van der Waals surface area contributed by atoms with Crippen molar-refractivity contribution in [2.45, 2.75) is 37.8 Å². The number of rotatable bonds is 8. The number of amides is 1. The van der Waals surface area contributed by atoms with Gasteiger partial charge in [-0.15, -0.1) is 0 Å². The normalized spacial score (nSPS) is 12.8. The van der Waals surface area contributed by atoms with Gasteiger partial charge in [-0.25, -0.2) is 12.8 Å². The molecule has 0 radical (unpaired) electrons. The predicted octanol–water partition coefficient (Wildman–Crippen LogP) is 4.24. The van der Waals surface area contributed by atoms with Crippen molar-refractivity contribution in [2.24, 2.45) is 0 Å². The smallest absolute Gasteiger partial charge is 0.243 e. The molecule has 0 bridgehead atoms. The van der Waals surface area contributed by atoms with Crippen LogP contribution in [0.1, 0.15) is 25.8 Å². The first-order valence-corrected chi connectivity index (χ1v) is 10.8. The minimum atomic E-state index is -4.10. The third-order valence-electron chi connectivity index (χ3n) is 4.19. The van der Waals surface area contributed by atoms with E-state index in [9.17, 15) is 17.6 Å². The van der Waals surface area contributed by atoms with Crippen LogP contribution in [-0.2, 0) is 21.4 Å². The molecule has 152 valence electrons. The SMILES string of the molecule is CC[C@@H](C)NC(=O)CN(Cc1c(F)cccc1Cl)S(=O)(=O)c1ccc(Cl)cc1. The first-order valence-electron chi connectivity index (χ1n) is 8.63. The molecule has 0 fully saturated rings. The largest absolute Gasteiger partial charge is 0.353 e. The summed E-state index contributed by atoms with van der Waals surface area (Å²) in [5.74, 6) is -1.13.